The average Bonchev–Trinajstić information content (AvgIpc) is 3.67. The molecular formula is C36H36N4O3S3. The first-order valence-electron chi connectivity index (χ1n) is 15.1. The van der Waals surface area contributed by atoms with Crippen molar-refractivity contribution in [2.45, 2.75) is 57.1 Å². The third kappa shape index (κ3) is 8.15. The predicted octanol–water partition coefficient (Wildman–Crippen LogP) is 8.36. The van der Waals surface area contributed by atoms with Crippen LogP contribution in [0.25, 0.3) is 6.08 Å². The molecule has 2 heterocycles. The first-order valence-corrected chi connectivity index (χ1v) is 17.6. The van der Waals surface area contributed by atoms with Crippen molar-refractivity contribution >= 4 is 68.9 Å². The van der Waals surface area contributed by atoms with Gasteiger partial charge in [-0.1, -0.05) is 51.1 Å². The van der Waals surface area contributed by atoms with E-state index in [1.807, 2.05) is 36.6 Å². The molecule has 10 heteroatoms. The zero-order chi connectivity index (χ0) is 32.8. The molecule has 3 N–H and O–H groups in total. The molecule has 7 nitrogen and oxygen atoms in total. The number of benzene rings is 2. The van der Waals surface area contributed by atoms with Crippen LogP contribution in [0, 0.1) is 22.7 Å². The Hall–Kier alpha value is -4.17. The number of nitriles is 1. The lowest BCUT2D eigenvalue weighted by molar-refractivity contribution is -0.115. The summed E-state index contributed by atoms with van der Waals surface area (Å²) in [5.41, 5.74) is 2.95. The first-order chi connectivity index (χ1) is 22.0. The molecule has 1 aliphatic rings. The van der Waals surface area contributed by atoms with Crippen LogP contribution >= 0.6 is 34.4 Å². The van der Waals surface area contributed by atoms with Crippen molar-refractivity contribution in [3.05, 3.63) is 104 Å². The van der Waals surface area contributed by atoms with Gasteiger partial charge in [0.2, 0.25) is 5.91 Å². The summed E-state index contributed by atoms with van der Waals surface area (Å²) in [5, 5.41) is 20.7. The third-order valence-corrected chi connectivity index (χ3v) is 11.1. The van der Waals surface area contributed by atoms with E-state index in [2.05, 4.69) is 42.8 Å². The Kier molecular flexibility index (Phi) is 10.5. The summed E-state index contributed by atoms with van der Waals surface area (Å²) in [7, 11) is 0. The zero-order valence-corrected chi connectivity index (χ0v) is 28.6. The van der Waals surface area contributed by atoms with E-state index in [1.54, 1.807) is 48.5 Å². The zero-order valence-electron chi connectivity index (χ0n) is 26.2. The lowest BCUT2D eigenvalue weighted by Gasteiger charge is -2.33. The van der Waals surface area contributed by atoms with Gasteiger partial charge in [0.1, 0.15) is 16.8 Å². The third-order valence-electron chi connectivity index (χ3n) is 7.97. The van der Waals surface area contributed by atoms with Crippen molar-refractivity contribution in [2.75, 3.05) is 10.6 Å². The van der Waals surface area contributed by atoms with Crippen LogP contribution in [0.2, 0.25) is 0 Å². The molecule has 3 amide bonds. The maximum absolute atomic E-state index is 13.4. The van der Waals surface area contributed by atoms with Crippen LogP contribution < -0.4 is 16.0 Å². The van der Waals surface area contributed by atoms with Gasteiger partial charge in [0, 0.05) is 25.9 Å². The predicted molar refractivity (Wildman–Crippen MR) is 189 cm³/mol. The summed E-state index contributed by atoms with van der Waals surface area (Å²) in [6.07, 6.45) is 4.47. The van der Waals surface area contributed by atoms with E-state index >= 15 is 0 Å². The van der Waals surface area contributed by atoms with Crippen LogP contribution in [0.15, 0.2) is 82.7 Å². The van der Waals surface area contributed by atoms with Crippen molar-refractivity contribution in [3.63, 3.8) is 0 Å². The number of hydrogen-bond donors (Lipinski definition) is 3. The highest BCUT2D eigenvalue weighted by molar-refractivity contribution is 8.00. The van der Waals surface area contributed by atoms with Gasteiger partial charge in [0.05, 0.1) is 10.8 Å². The number of carbonyl (C=O) groups is 3. The monoisotopic (exact) mass is 668 g/mol. The molecule has 2 atom stereocenters. The number of anilines is 2. The number of carbonyl (C=O) groups excluding carboxylic acids is 3. The molecule has 5 rings (SSSR count). The molecule has 0 fully saturated rings. The standard InChI is InChI=1S/C36H36N4O3S3/c1-22(32(41)40-35-29(21-37)28-16-15-24(36(2,3)4)18-31(28)46-35)45-27-13-8-12-25(19-27)38-34(43)30(20-26-14-9-17-44-26)39-33(42)23-10-6-5-7-11-23/h5-14,17,19-20,22,24H,15-16,18H2,1-4H3,(H,38,43)(H,39,42)(H,40,41)/b30-20-. The minimum Gasteiger partial charge on any atom is -0.321 e. The van der Waals surface area contributed by atoms with Crippen LogP contribution in [0.4, 0.5) is 10.7 Å². The van der Waals surface area contributed by atoms with E-state index in [9.17, 15) is 19.6 Å². The molecule has 2 aromatic heterocycles. The Bertz CT molecular complexity index is 1800. The molecule has 0 saturated carbocycles. The molecule has 46 heavy (non-hydrogen) atoms. The Labute approximate surface area is 282 Å². The van der Waals surface area contributed by atoms with Gasteiger partial charge in [-0.2, -0.15) is 5.26 Å². The number of nitrogens with one attached hydrogen (secondary N) is 3. The fraction of sp³-hybridized carbons (Fsp3) is 0.278. The lowest BCUT2D eigenvalue weighted by Crippen LogP contribution is -2.30. The molecule has 236 valence electrons. The molecular weight excluding hydrogens is 633 g/mol. The van der Waals surface area contributed by atoms with Crippen LogP contribution in [0.1, 0.15) is 65.4 Å². The molecule has 0 spiro atoms. The van der Waals surface area contributed by atoms with E-state index in [-0.39, 0.29) is 22.9 Å². The van der Waals surface area contributed by atoms with E-state index in [1.165, 1.54) is 39.3 Å². The van der Waals surface area contributed by atoms with Crippen molar-refractivity contribution in [3.8, 4) is 6.07 Å². The molecule has 1 aliphatic carbocycles. The molecule has 4 aromatic rings. The SMILES string of the molecule is CC(Sc1cccc(NC(=O)/C(=C/c2cccs2)NC(=O)c2ccccc2)c1)C(=O)Nc1sc2c(c1C#N)CCC(C(C)(C)C)C2. The second-order valence-corrected chi connectivity index (χ2v) is 15.7. The highest BCUT2D eigenvalue weighted by atomic mass is 32.2. The number of nitrogens with zero attached hydrogens (tertiary/aromatic N) is 1. The van der Waals surface area contributed by atoms with E-state index in [0.717, 1.165) is 34.6 Å². The van der Waals surface area contributed by atoms with Crippen LogP contribution in [0.5, 0.6) is 0 Å². The van der Waals surface area contributed by atoms with Gasteiger partial charge >= 0.3 is 0 Å². The van der Waals surface area contributed by atoms with Gasteiger partial charge in [-0.25, -0.2) is 0 Å². The summed E-state index contributed by atoms with van der Waals surface area (Å²) in [4.78, 5) is 42.4. The second kappa shape index (κ2) is 14.5. The molecule has 2 aromatic carbocycles. The summed E-state index contributed by atoms with van der Waals surface area (Å²) in [5.74, 6) is -0.502. The first kappa shape index (κ1) is 33.2. The van der Waals surface area contributed by atoms with Crippen molar-refractivity contribution < 1.29 is 14.4 Å². The van der Waals surface area contributed by atoms with Gasteiger partial charge in [0.15, 0.2) is 0 Å². The van der Waals surface area contributed by atoms with Crippen LogP contribution in [-0.2, 0) is 22.4 Å². The lowest BCUT2D eigenvalue weighted by atomic mass is 9.72. The Balaban J connectivity index is 1.25. The summed E-state index contributed by atoms with van der Waals surface area (Å²) in [6.45, 7) is 8.60. The van der Waals surface area contributed by atoms with Crippen LogP contribution in [0.3, 0.4) is 0 Å². The summed E-state index contributed by atoms with van der Waals surface area (Å²) in [6, 6.07) is 22.0. The molecule has 2 unspecified atom stereocenters. The van der Waals surface area contributed by atoms with Crippen molar-refractivity contribution in [1.29, 1.82) is 5.26 Å². The van der Waals surface area contributed by atoms with E-state index in [4.69, 9.17) is 0 Å². The largest absolute Gasteiger partial charge is 0.321 e. The van der Waals surface area contributed by atoms with E-state index < -0.39 is 11.2 Å². The summed E-state index contributed by atoms with van der Waals surface area (Å²) >= 11 is 4.34. The maximum atomic E-state index is 13.4. The van der Waals surface area contributed by atoms with Gasteiger partial charge in [0.25, 0.3) is 11.8 Å². The van der Waals surface area contributed by atoms with Crippen molar-refractivity contribution in [2.24, 2.45) is 11.3 Å². The smallest absolute Gasteiger partial charge is 0.272 e. The Morgan fingerprint density at radius 3 is 2.52 bits per heavy atom. The van der Waals surface area contributed by atoms with Gasteiger partial charge in [-0.3, -0.25) is 14.4 Å². The summed E-state index contributed by atoms with van der Waals surface area (Å²) < 4.78 is 0. The maximum Gasteiger partial charge on any atom is 0.272 e. The normalized spacial score (nSPS) is 15.3. The molecule has 0 saturated heterocycles. The number of thiophene rings is 2. The van der Waals surface area contributed by atoms with E-state index in [0.29, 0.717) is 27.7 Å². The number of amides is 3. The minimum atomic E-state index is -0.468. The fourth-order valence-corrected chi connectivity index (χ4v) is 8.17. The van der Waals surface area contributed by atoms with Gasteiger partial charge < -0.3 is 16.0 Å². The molecule has 0 radical (unpaired) electrons. The topological polar surface area (TPSA) is 111 Å². The highest BCUT2D eigenvalue weighted by Gasteiger charge is 2.32. The molecule has 0 aliphatic heterocycles. The van der Waals surface area contributed by atoms with Crippen LogP contribution in [-0.4, -0.2) is 23.0 Å². The Morgan fingerprint density at radius 1 is 1.04 bits per heavy atom. The Morgan fingerprint density at radius 2 is 1.83 bits per heavy atom. The molecule has 0 bridgehead atoms. The van der Waals surface area contributed by atoms with Gasteiger partial charge in [-0.05, 0) is 90.9 Å². The average molecular weight is 669 g/mol. The van der Waals surface area contributed by atoms with Gasteiger partial charge in [-0.15, -0.1) is 34.4 Å². The number of hydrogen-bond acceptors (Lipinski definition) is 7. The quantitative estimate of drug-likeness (QED) is 0.123. The highest BCUT2D eigenvalue weighted by Crippen LogP contribution is 2.44. The number of rotatable bonds is 9. The van der Waals surface area contributed by atoms with Crippen molar-refractivity contribution in [1.82, 2.24) is 5.32 Å². The number of fused-ring (bicyclic) bond motifs is 1. The second-order valence-electron chi connectivity index (χ2n) is 12.3. The minimum absolute atomic E-state index is 0.114. The number of thioether (sulfide) groups is 1. The fourth-order valence-electron chi connectivity index (χ4n) is 5.31.